The number of carbonyl (C=O) groups excluding carboxylic acids is 1. The Labute approximate surface area is 232 Å². The highest BCUT2D eigenvalue weighted by atomic mass is 16.6. The molecule has 0 aliphatic heterocycles. The molecular formula is C34H66O3. The Bertz CT molecular complexity index is 474. The largest absolute Gasteiger partial charge is 0.436 e. The maximum Gasteiger partial charge on any atom is 0.308 e. The summed E-state index contributed by atoms with van der Waals surface area (Å²) in [7, 11) is 0. The quantitative estimate of drug-likeness (QED) is 0.0441. The molecule has 0 bridgehead atoms. The van der Waals surface area contributed by atoms with Gasteiger partial charge in [-0.05, 0) is 38.5 Å². The summed E-state index contributed by atoms with van der Waals surface area (Å²) in [6.45, 7) is 4.54. The lowest BCUT2D eigenvalue weighted by atomic mass is 10.0. The minimum atomic E-state index is -0.914. The van der Waals surface area contributed by atoms with Crippen molar-refractivity contribution in [1.29, 1.82) is 0 Å². The highest BCUT2D eigenvalue weighted by Gasteiger charge is 2.10. The molecule has 0 heterocycles. The summed E-state index contributed by atoms with van der Waals surface area (Å²) in [6.07, 6.45) is 38.1. The summed E-state index contributed by atoms with van der Waals surface area (Å²) >= 11 is 0. The van der Waals surface area contributed by atoms with E-state index >= 15 is 0 Å². The average Bonchev–Trinajstić information content (AvgIpc) is 2.89. The van der Waals surface area contributed by atoms with Crippen LogP contribution in [0.4, 0.5) is 0 Å². The summed E-state index contributed by atoms with van der Waals surface area (Å²) < 4.78 is 5.18. The molecule has 1 unspecified atom stereocenters. The molecule has 0 spiro atoms. The molecule has 0 rings (SSSR count). The molecule has 0 aromatic rings. The molecule has 0 aliphatic rings. The van der Waals surface area contributed by atoms with Crippen molar-refractivity contribution in [1.82, 2.24) is 0 Å². The lowest BCUT2D eigenvalue weighted by Crippen LogP contribution is -2.17. The molecule has 0 radical (unpaired) electrons. The minimum Gasteiger partial charge on any atom is -0.436 e. The molecular weight excluding hydrogens is 456 g/mol. The number of unbranched alkanes of at least 4 members (excludes halogenated alkanes) is 23. The summed E-state index contributed by atoms with van der Waals surface area (Å²) in [6, 6.07) is 0. The lowest BCUT2D eigenvalue weighted by Gasteiger charge is -2.12. The van der Waals surface area contributed by atoms with Crippen LogP contribution in [0.1, 0.15) is 194 Å². The van der Waals surface area contributed by atoms with Gasteiger partial charge >= 0.3 is 5.97 Å². The van der Waals surface area contributed by atoms with Crippen molar-refractivity contribution in [2.45, 2.75) is 200 Å². The Hall–Kier alpha value is -0.830. The maximum absolute atomic E-state index is 11.9. The average molecular weight is 523 g/mol. The predicted octanol–water partition coefficient (Wildman–Crippen LogP) is 11.4. The van der Waals surface area contributed by atoms with E-state index in [-0.39, 0.29) is 5.97 Å². The van der Waals surface area contributed by atoms with E-state index in [4.69, 9.17) is 4.74 Å². The van der Waals surface area contributed by atoms with Gasteiger partial charge in [0, 0.05) is 12.8 Å². The molecule has 0 aromatic carbocycles. The van der Waals surface area contributed by atoms with Crippen LogP contribution in [0.15, 0.2) is 12.2 Å². The topological polar surface area (TPSA) is 46.5 Å². The zero-order valence-corrected chi connectivity index (χ0v) is 25.3. The van der Waals surface area contributed by atoms with Crippen molar-refractivity contribution >= 4 is 5.97 Å². The molecule has 37 heavy (non-hydrogen) atoms. The van der Waals surface area contributed by atoms with Gasteiger partial charge in [0.15, 0.2) is 0 Å². The fraction of sp³-hybridized carbons (Fsp3) is 0.912. The van der Waals surface area contributed by atoms with Crippen LogP contribution in [0.2, 0.25) is 0 Å². The number of allylic oxidation sites excluding steroid dienone is 2. The van der Waals surface area contributed by atoms with E-state index in [1.807, 2.05) is 0 Å². The van der Waals surface area contributed by atoms with Crippen molar-refractivity contribution in [3.63, 3.8) is 0 Å². The summed E-state index contributed by atoms with van der Waals surface area (Å²) in [5, 5.41) is 9.97. The first kappa shape index (κ1) is 36.2. The Morgan fingerprint density at radius 1 is 0.541 bits per heavy atom. The van der Waals surface area contributed by atoms with Gasteiger partial charge in [0.25, 0.3) is 0 Å². The van der Waals surface area contributed by atoms with Crippen molar-refractivity contribution in [3.8, 4) is 0 Å². The van der Waals surface area contributed by atoms with E-state index in [0.29, 0.717) is 12.8 Å². The second kappa shape index (κ2) is 31.4. The van der Waals surface area contributed by atoms with Crippen LogP contribution >= 0.6 is 0 Å². The number of carbonyl (C=O) groups is 1. The number of hydrogen-bond acceptors (Lipinski definition) is 3. The van der Waals surface area contributed by atoms with Crippen molar-refractivity contribution < 1.29 is 14.6 Å². The van der Waals surface area contributed by atoms with Crippen LogP contribution in [0.3, 0.4) is 0 Å². The van der Waals surface area contributed by atoms with Crippen LogP contribution < -0.4 is 0 Å². The van der Waals surface area contributed by atoms with Gasteiger partial charge in [-0.25, -0.2) is 0 Å². The molecule has 3 nitrogen and oxygen atoms in total. The van der Waals surface area contributed by atoms with Gasteiger partial charge in [0.2, 0.25) is 6.29 Å². The molecule has 0 aliphatic carbocycles. The van der Waals surface area contributed by atoms with Gasteiger partial charge in [0.05, 0.1) is 0 Å². The lowest BCUT2D eigenvalue weighted by molar-refractivity contribution is -0.168. The van der Waals surface area contributed by atoms with E-state index < -0.39 is 6.29 Å². The SMILES string of the molecule is CCCCCCCC/C=C\CCCCCCCC(=O)OC(O)CCCCCCCCCCCCCCC. The number of ether oxygens (including phenoxy) is 1. The Morgan fingerprint density at radius 2 is 0.892 bits per heavy atom. The summed E-state index contributed by atoms with van der Waals surface area (Å²) in [5.74, 6) is -0.236. The summed E-state index contributed by atoms with van der Waals surface area (Å²) in [4.78, 5) is 11.9. The molecule has 1 atom stereocenters. The molecule has 0 amide bonds. The fourth-order valence-electron chi connectivity index (χ4n) is 4.95. The first-order chi connectivity index (χ1) is 18.2. The molecule has 0 saturated carbocycles. The van der Waals surface area contributed by atoms with Crippen LogP contribution in [0.25, 0.3) is 0 Å². The third-order valence-electron chi connectivity index (χ3n) is 7.46. The van der Waals surface area contributed by atoms with Crippen LogP contribution in [-0.2, 0) is 9.53 Å². The van der Waals surface area contributed by atoms with E-state index in [1.165, 1.54) is 141 Å². The standard InChI is InChI=1S/C34H66O3/c1-3-5-7-9-11-13-15-17-18-20-22-24-26-28-30-32-34(36)37-33(35)31-29-27-25-23-21-19-16-14-12-10-8-6-4-2/h17-18,33,35H,3-16,19-32H2,1-2H3/b18-17-. The second-order valence-corrected chi connectivity index (χ2v) is 11.3. The van der Waals surface area contributed by atoms with E-state index in [2.05, 4.69) is 26.0 Å². The highest BCUT2D eigenvalue weighted by molar-refractivity contribution is 5.69. The fourth-order valence-corrected chi connectivity index (χ4v) is 4.95. The molecule has 3 heteroatoms. The zero-order valence-electron chi connectivity index (χ0n) is 25.3. The summed E-state index contributed by atoms with van der Waals surface area (Å²) in [5.41, 5.74) is 0. The van der Waals surface area contributed by atoms with Crippen LogP contribution in [-0.4, -0.2) is 17.4 Å². The first-order valence-corrected chi connectivity index (χ1v) is 16.7. The first-order valence-electron chi connectivity index (χ1n) is 16.7. The highest BCUT2D eigenvalue weighted by Crippen LogP contribution is 2.14. The Kier molecular flexibility index (Phi) is 30.7. The normalized spacial score (nSPS) is 12.4. The van der Waals surface area contributed by atoms with Crippen molar-refractivity contribution in [2.24, 2.45) is 0 Å². The molecule has 220 valence electrons. The van der Waals surface area contributed by atoms with Crippen molar-refractivity contribution in [2.75, 3.05) is 0 Å². The third kappa shape index (κ3) is 31.3. The van der Waals surface area contributed by atoms with E-state index in [0.717, 1.165) is 25.7 Å². The Balaban J connectivity index is 3.32. The number of hydrogen-bond donors (Lipinski definition) is 1. The minimum absolute atomic E-state index is 0.236. The molecule has 0 aromatic heterocycles. The maximum atomic E-state index is 11.9. The van der Waals surface area contributed by atoms with Gasteiger partial charge in [-0.15, -0.1) is 0 Å². The zero-order chi connectivity index (χ0) is 27.1. The molecule has 0 fully saturated rings. The van der Waals surface area contributed by atoms with Crippen molar-refractivity contribution in [3.05, 3.63) is 12.2 Å². The van der Waals surface area contributed by atoms with Gasteiger partial charge in [-0.2, -0.15) is 0 Å². The third-order valence-corrected chi connectivity index (χ3v) is 7.46. The van der Waals surface area contributed by atoms with Gasteiger partial charge in [-0.3, -0.25) is 4.79 Å². The van der Waals surface area contributed by atoms with Gasteiger partial charge in [0.1, 0.15) is 0 Å². The van der Waals surface area contributed by atoms with Gasteiger partial charge < -0.3 is 9.84 Å². The molecule has 1 N–H and O–H groups in total. The number of esters is 1. The van der Waals surface area contributed by atoms with Crippen LogP contribution in [0, 0.1) is 0 Å². The smallest absolute Gasteiger partial charge is 0.308 e. The number of rotatable bonds is 30. The number of aliphatic hydroxyl groups is 1. The predicted molar refractivity (Wildman–Crippen MR) is 162 cm³/mol. The van der Waals surface area contributed by atoms with Crippen LogP contribution in [0.5, 0.6) is 0 Å². The van der Waals surface area contributed by atoms with E-state index in [1.54, 1.807) is 0 Å². The molecule has 0 saturated heterocycles. The van der Waals surface area contributed by atoms with Gasteiger partial charge in [-0.1, -0.05) is 154 Å². The number of aliphatic hydroxyl groups excluding tert-OH is 1. The van der Waals surface area contributed by atoms with E-state index in [9.17, 15) is 9.90 Å². The monoisotopic (exact) mass is 523 g/mol. The second-order valence-electron chi connectivity index (χ2n) is 11.3. The Morgan fingerprint density at radius 3 is 1.32 bits per heavy atom.